The molecule has 2 aromatic heterocycles. The highest BCUT2D eigenvalue weighted by Gasteiger charge is 2.38. The summed E-state index contributed by atoms with van der Waals surface area (Å²) in [5.41, 5.74) is 5.59. The number of halogens is 3. The number of aliphatic carboxylic acids is 1. The SMILES string of the molecule is CCNc1ccccc1CSc1nnc(-c2cc(C(C)C)c(O)cc2O)n1-c1ccc2c(ccn2C)c1.O=C(O)C(F)(F)F. The average molecular weight is 628 g/mol. The van der Waals surface area contributed by atoms with E-state index in [0.717, 1.165) is 39.5 Å². The molecule has 44 heavy (non-hydrogen) atoms. The summed E-state index contributed by atoms with van der Waals surface area (Å²) in [5.74, 6) is -1.42. The van der Waals surface area contributed by atoms with Gasteiger partial charge in [0.05, 0.1) is 11.3 Å². The molecular weight excluding hydrogens is 595 g/mol. The van der Waals surface area contributed by atoms with Crippen LogP contribution in [0.2, 0.25) is 0 Å². The minimum Gasteiger partial charge on any atom is -0.508 e. The highest BCUT2D eigenvalue weighted by molar-refractivity contribution is 7.98. The third-order valence-electron chi connectivity index (χ3n) is 6.75. The standard InChI is InChI=1S/C29H31N5O2S.C2HF3O2/c1-5-30-24-9-7-6-8-20(24)17-37-29-32-31-28(23-15-22(18(2)3)26(35)16-27(23)36)34(29)21-10-11-25-19(14-21)12-13-33(25)4;3-2(4,5)1(6)7/h6-16,18,30,35-36H,5,17H2,1-4H3;(H,6,7). The number of nitrogens with one attached hydrogen (secondary N) is 1. The third-order valence-corrected chi connectivity index (χ3v) is 7.73. The number of para-hydroxylation sites is 1. The zero-order valence-corrected chi connectivity index (χ0v) is 25.2. The minimum absolute atomic E-state index is 0.0367. The highest BCUT2D eigenvalue weighted by atomic mass is 32.2. The lowest BCUT2D eigenvalue weighted by molar-refractivity contribution is -0.192. The van der Waals surface area contributed by atoms with Gasteiger partial charge in [0.2, 0.25) is 0 Å². The number of hydrogen-bond acceptors (Lipinski definition) is 7. The number of aryl methyl sites for hydroxylation is 1. The number of aromatic hydroxyl groups is 2. The number of carboxylic acids is 1. The Morgan fingerprint density at radius 3 is 2.39 bits per heavy atom. The summed E-state index contributed by atoms with van der Waals surface area (Å²) in [4.78, 5) is 8.90. The predicted octanol–water partition coefficient (Wildman–Crippen LogP) is 7.32. The van der Waals surface area contributed by atoms with Gasteiger partial charge in [-0.05, 0) is 60.4 Å². The van der Waals surface area contributed by atoms with Gasteiger partial charge in [-0.1, -0.05) is 43.8 Å². The fourth-order valence-corrected chi connectivity index (χ4v) is 5.52. The number of anilines is 1. The summed E-state index contributed by atoms with van der Waals surface area (Å²) in [6.07, 6.45) is -3.05. The van der Waals surface area contributed by atoms with Crippen LogP contribution in [0.1, 0.15) is 37.8 Å². The molecule has 5 rings (SSSR count). The molecule has 0 fully saturated rings. The molecule has 0 amide bonds. The summed E-state index contributed by atoms with van der Waals surface area (Å²) in [7, 11) is 2.02. The summed E-state index contributed by atoms with van der Waals surface area (Å²) in [6, 6.07) is 19.8. The Morgan fingerprint density at radius 1 is 1.02 bits per heavy atom. The molecule has 5 aromatic rings. The fraction of sp³-hybridized carbons (Fsp3) is 0.258. The van der Waals surface area contributed by atoms with E-state index in [2.05, 4.69) is 57.3 Å². The van der Waals surface area contributed by atoms with E-state index in [-0.39, 0.29) is 17.4 Å². The first kappa shape index (κ1) is 32.3. The van der Waals surface area contributed by atoms with Crippen molar-refractivity contribution >= 4 is 34.3 Å². The van der Waals surface area contributed by atoms with Crippen molar-refractivity contribution in [3.05, 3.63) is 78.0 Å². The molecule has 0 aliphatic carbocycles. The van der Waals surface area contributed by atoms with Gasteiger partial charge in [0.15, 0.2) is 11.0 Å². The van der Waals surface area contributed by atoms with Crippen LogP contribution in [0.15, 0.2) is 72.0 Å². The van der Waals surface area contributed by atoms with Crippen LogP contribution in [0.25, 0.3) is 28.0 Å². The Balaban J connectivity index is 0.000000566. The first-order valence-electron chi connectivity index (χ1n) is 13.6. The summed E-state index contributed by atoms with van der Waals surface area (Å²) < 4.78 is 35.8. The molecule has 2 heterocycles. The lowest BCUT2D eigenvalue weighted by Crippen LogP contribution is -2.21. The maximum absolute atomic E-state index is 10.9. The molecule has 0 saturated carbocycles. The number of fused-ring (bicyclic) bond motifs is 1. The van der Waals surface area contributed by atoms with Gasteiger partial charge in [-0.15, -0.1) is 10.2 Å². The van der Waals surface area contributed by atoms with Gasteiger partial charge in [0.25, 0.3) is 0 Å². The molecule has 0 bridgehead atoms. The van der Waals surface area contributed by atoms with Crippen molar-refractivity contribution in [3.8, 4) is 28.6 Å². The first-order valence-corrected chi connectivity index (χ1v) is 14.6. The van der Waals surface area contributed by atoms with Gasteiger partial charge in [-0.25, -0.2) is 4.79 Å². The number of alkyl halides is 3. The van der Waals surface area contributed by atoms with Gasteiger partial charge in [0, 0.05) is 48.2 Å². The molecule has 0 aliphatic heterocycles. The average Bonchev–Trinajstić information content (AvgIpc) is 3.55. The lowest BCUT2D eigenvalue weighted by atomic mass is 9.98. The smallest absolute Gasteiger partial charge is 0.490 e. The van der Waals surface area contributed by atoms with Crippen molar-refractivity contribution in [1.82, 2.24) is 19.3 Å². The number of phenols is 2. The number of phenolic OH excluding ortho intramolecular Hbond substituents is 2. The van der Waals surface area contributed by atoms with Gasteiger partial charge in [-0.2, -0.15) is 13.2 Å². The molecule has 0 unspecified atom stereocenters. The van der Waals surface area contributed by atoms with Gasteiger partial charge < -0.3 is 25.2 Å². The molecule has 0 spiro atoms. The maximum Gasteiger partial charge on any atom is 0.490 e. The lowest BCUT2D eigenvalue weighted by Gasteiger charge is -2.15. The van der Waals surface area contributed by atoms with E-state index in [0.29, 0.717) is 17.1 Å². The third kappa shape index (κ3) is 7.10. The Kier molecular flexibility index (Phi) is 9.78. The molecule has 0 radical (unpaired) electrons. The van der Waals surface area contributed by atoms with Crippen molar-refractivity contribution in [2.45, 2.75) is 43.8 Å². The molecule has 0 saturated heterocycles. The molecular formula is C31H32F3N5O4S. The number of carbonyl (C=O) groups is 1. The summed E-state index contributed by atoms with van der Waals surface area (Å²) >= 11 is 1.59. The van der Waals surface area contributed by atoms with Crippen LogP contribution >= 0.6 is 11.8 Å². The number of nitrogens with zero attached hydrogens (tertiary/aromatic N) is 4. The summed E-state index contributed by atoms with van der Waals surface area (Å²) in [5, 5.41) is 42.7. The molecule has 232 valence electrons. The topological polar surface area (TPSA) is 125 Å². The van der Waals surface area contributed by atoms with E-state index < -0.39 is 12.1 Å². The number of thioether (sulfide) groups is 1. The van der Waals surface area contributed by atoms with E-state index in [1.54, 1.807) is 11.8 Å². The Hall–Kier alpha value is -4.65. The van der Waals surface area contributed by atoms with E-state index in [1.165, 1.54) is 11.6 Å². The predicted molar refractivity (Wildman–Crippen MR) is 165 cm³/mol. The van der Waals surface area contributed by atoms with Crippen molar-refractivity contribution in [2.75, 3.05) is 11.9 Å². The monoisotopic (exact) mass is 627 g/mol. The molecule has 0 atom stereocenters. The number of rotatable bonds is 8. The van der Waals surface area contributed by atoms with Crippen LogP contribution in [-0.4, -0.2) is 53.3 Å². The molecule has 9 nitrogen and oxygen atoms in total. The largest absolute Gasteiger partial charge is 0.508 e. The Labute approximate surface area is 256 Å². The molecule has 13 heteroatoms. The van der Waals surface area contributed by atoms with Crippen molar-refractivity contribution in [1.29, 1.82) is 0 Å². The number of aromatic nitrogens is 4. The van der Waals surface area contributed by atoms with Crippen molar-refractivity contribution in [2.24, 2.45) is 7.05 Å². The first-order chi connectivity index (χ1) is 20.8. The van der Waals surface area contributed by atoms with Crippen LogP contribution < -0.4 is 5.32 Å². The van der Waals surface area contributed by atoms with E-state index in [4.69, 9.17) is 9.90 Å². The fourth-order valence-electron chi connectivity index (χ4n) is 4.57. The van der Waals surface area contributed by atoms with Gasteiger partial charge in [-0.3, -0.25) is 4.57 Å². The molecule has 0 aliphatic rings. The minimum atomic E-state index is -5.08. The summed E-state index contributed by atoms with van der Waals surface area (Å²) in [6.45, 7) is 6.94. The second-order valence-corrected chi connectivity index (χ2v) is 11.1. The van der Waals surface area contributed by atoms with Crippen LogP contribution in [0.4, 0.5) is 18.9 Å². The molecule has 4 N–H and O–H groups in total. The second-order valence-electron chi connectivity index (χ2n) is 10.2. The Bertz CT molecular complexity index is 1780. The van der Waals surface area contributed by atoms with E-state index in [9.17, 15) is 23.4 Å². The Morgan fingerprint density at radius 2 is 1.73 bits per heavy atom. The second kappa shape index (κ2) is 13.3. The van der Waals surface area contributed by atoms with Crippen LogP contribution in [0.5, 0.6) is 11.5 Å². The number of benzene rings is 3. The van der Waals surface area contributed by atoms with Crippen LogP contribution in [-0.2, 0) is 17.6 Å². The van der Waals surface area contributed by atoms with E-state index >= 15 is 0 Å². The van der Waals surface area contributed by atoms with Crippen molar-refractivity contribution < 1.29 is 33.3 Å². The number of hydrogen-bond donors (Lipinski definition) is 4. The van der Waals surface area contributed by atoms with Gasteiger partial charge >= 0.3 is 12.1 Å². The van der Waals surface area contributed by atoms with Gasteiger partial charge in [0.1, 0.15) is 11.5 Å². The zero-order chi connectivity index (χ0) is 32.2. The molecule has 3 aromatic carbocycles. The zero-order valence-electron chi connectivity index (χ0n) is 24.4. The maximum atomic E-state index is 10.9. The van der Waals surface area contributed by atoms with Crippen LogP contribution in [0.3, 0.4) is 0 Å². The normalized spacial score (nSPS) is 11.5. The van der Waals surface area contributed by atoms with Crippen molar-refractivity contribution in [3.63, 3.8) is 0 Å². The number of carboxylic acid groups (broad SMARTS) is 1. The van der Waals surface area contributed by atoms with Crippen LogP contribution in [0, 0.1) is 0 Å². The van der Waals surface area contributed by atoms with E-state index in [1.807, 2.05) is 55.9 Å². The quantitative estimate of drug-likeness (QED) is 0.132. The highest BCUT2D eigenvalue weighted by Crippen LogP contribution is 2.40.